The summed E-state index contributed by atoms with van der Waals surface area (Å²) >= 11 is 0. The van der Waals surface area contributed by atoms with Crippen molar-refractivity contribution in [1.29, 1.82) is 0 Å². The molecule has 2 aliphatic rings. The van der Waals surface area contributed by atoms with Crippen molar-refractivity contribution in [3.05, 3.63) is 42.0 Å². The molecule has 2 N–H and O–H groups in total. The molecule has 0 aliphatic carbocycles. The highest BCUT2D eigenvalue weighted by Crippen LogP contribution is 2.25. The number of likely N-dealkylation sites (tertiary alicyclic amines) is 2. The van der Waals surface area contributed by atoms with Crippen LogP contribution >= 0.6 is 0 Å². The molecule has 2 fully saturated rings. The number of rotatable bonds is 8. The van der Waals surface area contributed by atoms with E-state index in [2.05, 4.69) is 14.9 Å². The van der Waals surface area contributed by atoms with Crippen LogP contribution in [0.1, 0.15) is 56.3 Å². The summed E-state index contributed by atoms with van der Waals surface area (Å²) in [5.41, 5.74) is 4.57. The molecule has 0 unspecified atom stereocenters. The number of hydrogen-bond donors (Lipinski definition) is 1. The van der Waals surface area contributed by atoms with Gasteiger partial charge in [0.15, 0.2) is 11.6 Å². The Balaban J connectivity index is 1.33. The van der Waals surface area contributed by atoms with Crippen molar-refractivity contribution in [3.63, 3.8) is 0 Å². The van der Waals surface area contributed by atoms with Gasteiger partial charge in [-0.3, -0.25) is 9.59 Å². The lowest BCUT2D eigenvalue weighted by molar-refractivity contribution is -0.123. The van der Waals surface area contributed by atoms with Crippen LogP contribution < -0.4 is 10.5 Å². The maximum Gasteiger partial charge on any atom is 0.257 e. The molecule has 37 heavy (non-hydrogen) atoms. The van der Waals surface area contributed by atoms with Crippen LogP contribution in [0.15, 0.2) is 30.6 Å². The predicted molar refractivity (Wildman–Crippen MR) is 135 cm³/mol. The molecular formula is C27H35F2N5O3. The monoisotopic (exact) mass is 515 g/mol. The van der Waals surface area contributed by atoms with E-state index in [1.54, 1.807) is 32.3 Å². The quantitative estimate of drug-likeness (QED) is 0.577. The van der Waals surface area contributed by atoms with Crippen LogP contribution in [0.5, 0.6) is 5.75 Å². The van der Waals surface area contributed by atoms with E-state index in [9.17, 15) is 18.4 Å². The second kappa shape index (κ2) is 11.5. The summed E-state index contributed by atoms with van der Waals surface area (Å²) in [6.45, 7) is 6.24. The number of aromatic nitrogens is 2. The molecule has 1 aromatic carbocycles. The number of nitrogens with zero attached hydrogens (tertiary/aromatic N) is 4. The first-order valence-electron chi connectivity index (χ1n) is 12.9. The topological polar surface area (TPSA) is 102 Å². The van der Waals surface area contributed by atoms with Gasteiger partial charge in [0.1, 0.15) is 17.5 Å². The highest BCUT2D eigenvalue weighted by molar-refractivity contribution is 5.98. The molecule has 4 rings (SSSR count). The lowest BCUT2D eigenvalue weighted by Gasteiger charge is -2.34. The average molecular weight is 516 g/mol. The largest absolute Gasteiger partial charge is 0.490 e. The van der Waals surface area contributed by atoms with Gasteiger partial charge in [-0.2, -0.15) is 0 Å². The molecule has 2 saturated heterocycles. The second-order valence-electron chi connectivity index (χ2n) is 10.6. The third-order valence-electron chi connectivity index (χ3n) is 6.97. The van der Waals surface area contributed by atoms with Crippen LogP contribution in [0, 0.1) is 11.7 Å². The first-order chi connectivity index (χ1) is 17.6. The Hall–Kier alpha value is -3.14. The molecule has 2 amide bonds. The Kier molecular flexibility index (Phi) is 8.36. The summed E-state index contributed by atoms with van der Waals surface area (Å²) in [4.78, 5) is 36.8. The first-order valence-corrected chi connectivity index (χ1v) is 12.9. The molecule has 2 aromatic rings. The number of carbonyl (C=O) groups excluding carboxylic acids is 2. The number of alkyl halides is 1. The van der Waals surface area contributed by atoms with Gasteiger partial charge in [0.05, 0.1) is 24.6 Å². The maximum absolute atomic E-state index is 14.9. The molecule has 200 valence electrons. The lowest BCUT2D eigenvalue weighted by atomic mass is 9.97. The summed E-state index contributed by atoms with van der Waals surface area (Å²) in [5, 5.41) is 0. The molecule has 2 aliphatic heterocycles. The number of piperidine rings is 2. The van der Waals surface area contributed by atoms with Crippen LogP contribution in [-0.2, 0) is 4.79 Å². The van der Waals surface area contributed by atoms with Crippen LogP contribution in [-0.4, -0.2) is 76.1 Å². The molecule has 0 radical (unpaired) electrons. The van der Waals surface area contributed by atoms with E-state index in [-0.39, 0.29) is 5.56 Å². The van der Waals surface area contributed by atoms with Crippen LogP contribution in [0.2, 0.25) is 0 Å². The van der Waals surface area contributed by atoms with E-state index in [0.717, 1.165) is 38.8 Å². The number of hydrogen-bond acceptors (Lipinski definition) is 6. The van der Waals surface area contributed by atoms with Crippen molar-refractivity contribution in [2.75, 3.05) is 32.8 Å². The van der Waals surface area contributed by atoms with Gasteiger partial charge in [0, 0.05) is 18.7 Å². The minimum Gasteiger partial charge on any atom is -0.490 e. The van der Waals surface area contributed by atoms with Gasteiger partial charge >= 0.3 is 0 Å². The fraction of sp³-hybridized carbons (Fsp3) is 0.556. The Bertz CT molecular complexity index is 1100. The van der Waals surface area contributed by atoms with Gasteiger partial charge in [-0.1, -0.05) is 6.07 Å². The van der Waals surface area contributed by atoms with E-state index < -0.39 is 29.3 Å². The number of ether oxygens (including phenoxy) is 1. The highest BCUT2D eigenvalue weighted by atomic mass is 19.1. The molecule has 1 atom stereocenters. The van der Waals surface area contributed by atoms with Gasteiger partial charge in [0.25, 0.3) is 5.91 Å². The number of amides is 2. The molecule has 1 aromatic heterocycles. The molecule has 0 bridgehead atoms. The van der Waals surface area contributed by atoms with Crippen molar-refractivity contribution in [1.82, 2.24) is 19.8 Å². The van der Waals surface area contributed by atoms with E-state index >= 15 is 0 Å². The van der Waals surface area contributed by atoms with Crippen molar-refractivity contribution in [3.8, 4) is 17.1 Å². The molecular weight excluding hydrogens is 480 g/mol. The SMILES string of the molecule is CC(C)(F)CN1CCC(COc2cnc(-c3ccc(C(=O)N4CCCC[C@@H]4C(N)=O)c(F)c3)nc2)CC1. The van der Waals surface area contributed by atoms with Crippen molar-refractivity contribution >= 4 is 11.8 Å². The molecule has 8 nitrogen and oxygen atoms in total. The van der Waals surface area contributed by atoms with Gasteiger partial charge in [0.2, 0.25) is 5.91 Å². The van der Waals surface area contributed by atoms with E-state index in [0.29, 0.717) is 49.2 Å². The summed E-state index contributed by atoms with van der Waals surface area (Å²) in [7, 11) is 0. The Labute approximate surface area is 216 Å². The minimum absolute atomic E-state index is 0.113. The molecule has 10 heteroatoms. The average Bonchev–Trinajstić information content (AvgIpc) is 2.87. The highest BCUT2D eigenvalue weighted by Gasteiger charge is 2.32. The van der Waals surface area contributed by atoms with Gasteiger partial charge in [-0.05, 0) is 77.1 Å². The second-order valence-corrected chi connectivity index (χ2v) is 10.6. The molecule has 0 saturated carbocycles. The maximum atomic E-state index is 14.9. The Morgan fingerprint density at radius 1 is 1.11 bits per heavy atom. The molecule has 0 spiro atoms. The minimum atomic E-state index is -1.19. The Morgan fingerprint density at radius 3 is 2.43 bits per heavy atom. The van der Waals surface area contributed by atoms with Crippen molar-refractivity contribution in [2.45, 2.75) is 57.7 Å². The van der Waals surface area contributed by atoms with Crippen LogP contribution in [0.3, 0.4) is 0 Å². The van der Waals surface area contributed by atoms with Crippen LogP contribution in [0.4, 0.5) is 8.78 Å². The first kappa shape index (κ1) is 26.9. The van der Waals surface area contributed by atoms with Crippen molar-refractivity contribution in [2.24, 2.45) is 11.7 Å². The summed E-state index contributed by atoms with van der Waals surface area (Å²) in [5.74, 6) is -0.621. The normalized spacial score (nSPS) is 19.6. The summed E-state index contributed by atoms with van der Waals surface area (Å²) in [6, 6.07) is 3.48. The number of carbonyl (C=O) groups is 2. The van der Waals surface area contributed by atoms with E-state index in [4.69, 9.17) is 10.5 Å². The zero-order valence-corrected chi connectivity index (χ0v) is 21.5. The zero-order valence-electron chi connectivity index (χ0n) is 21.5. The molecule has 3 heterocycles. The number of halogens is 2. The Morgan fingerprint density at radius 2 is 1.81 bits per heavy atom. The lowest BCUT2D eigenvalue weighted by Crippen LogP contribution is -2.50. The number of primary amides is 1. The zero-order chi connectivity index (χ0) is 26.6. The van der Waals surface area contributed by atoms with Gasteiger partial charge < -0.3 is 20.3 Å². The van der Waals surface area contributed by atoms with E-state index in [1.807, 2.05) is 0 Å². The number of nitrogens with two attached hydrogens (primary N) is 1. The van der Waals surface area contributed by atoms with E-state index in [1.165, 1.54) is 17.0 Å². The third kappa shape index (κ3) is 7.00. The summed E-state index contributed by atoms with van der Waals surface area (Å²) < 4.78 is 34.6. The van der Waals surface area contributed by atoms with Gasteiger partial charge in [-0.25, -0.2) is 18.7 Å². The fourth-order valence-electron chi connectivity index (χ4n) is 5.05. The summed E-state index contributed by atoms with van der Waals surface area (Å²) in [6.07, 6.45) is 7.01. The predicted octanol–water partition coefficient (Wildman–Crippen LogP) is 3.60. The van der Waals surface area contributed by atoms with Crippen LogP contribution in [0.25, 0.3) is 11.4 Å². The van der Waals surface area contributed by atoms with Gasteiger partial charge in [-0.15, -0.1) is 0 Å². The number of benzene rings is 1. The standard InChI is InChI=1S/C27H35F2N5O3/c1-27(2,29)17-33-11-8-18(9-12-33)16-37-20-14-31-25(32-15-20)19-6-7-21(22(28)13-19)26(36)34-10-4-3-5-23(34)24(30)35/h6-7,13-15,18,23H,3-5,8-12,16-17H2,1-2H3,(H2,30,35)/t23-/m1/s1. The van der Waals surface area contributed by atoms with Crippen molar-refractivity contribution < 1.29 is 23.1 Å². The third-order valence-corrected chi connectivity index (χ3v) is 6.97. The smallest absolute Gasteiger partial charge is 0.257 e. The fourth-order valence-corrected chi connectivity index (χ4v) is 5.05.